The van der Waals surface area contributed by atoms with Crippen molar-refractivity contribution < 1.29 is 13.2 Å². The van der Waals surface area contributed by atoms with Crippen LogP contribution in [-0.4, -0.2) is 21.6 Å². The van der Waals surface area contributed by atoms with Crippen LogP contribution in [-0.2, 0) is 14.6 Å². The van der Waals surface area contributed by atoms with E-state index in [2.05, 4.69) is 12.1 Å². The van der Waals surface area contributed by atoms with Gasteiger partial charge >= 0.3 is 0 Å². The third kappa shape index (κ3) is 2.96. The van der Waals surface area contributed by atoms with Crippen molar-refractivity contribution in [2.45, 2.75) is 24.2 Å². The van der Waals surface area contributed by atoms with Crippen LogP contribution in [0.5, 0.6) is 0 Å². The molecule has 0 N–H and O–H groups in total. The Kier molecular flexibility index (Phi) is 4.32. The summed E-state index contributed by atoms with van der Waals surface area (Å²) in [6.45, 7) is 1.08. The molecule has 0 spiro atoms. The van der Waals surface area contributed by atoms with Gasteiger partial charge in [0.05, 0.1) is 16.4 Å². The van der Waals surface area contributed by atoms with Gasteiger partial charge in [-0.2, -0.15) is 0 Å². The summed E-state index contributed by atoms with van der Waals surface area (Å²) in [5, 5.41) is 0. The van der Waals surface area contributed by atoms with E-state index in [1.807, 2.05) is 24.3 Å². The molecule has 0 bridgehead atoms. The van der Waals surface area contributed by atoms with Gasteiger partial charge in [-0.05, 0) is 53.7 Å². The van der Waals surface area contributed by atoms with E-state index in [4.69, 9.17) is 4.74 Å². The number of allylic oxidation sites excluding steroid dienone is 2. The summed E-state index contributed by atoms with van der Waals surface area (Å²) in [5.74, 6) is 0. The molecule has 128 valence electrons. The molecule has 0 saturated carbocycles. The van der Waals surface area contributed by atoms with Crippen molar-refractivity contribution >= 4 is 15.4 Å². The molecule has 2 aromatic carbocycles. The topological polar surface area (TPSA) is 43.4 Å². The first kappa shape index (κ1) is 16.3. The Bertz CT molecular complexity index is 939. The monoisotopic (exact) mass is 352 g/mol. The third-order valence-electron chi connectivity index (χ3n) is 4.86. The predicted molar refractivity (Wildman–Crippen MR) is 98.7 cm³/mol. The van der Waals surface area contributed by atoms with Gasteiger partial charge in [0, 0.05) is 6.61 Å². The Hall–Kier alpha value is -2.17. The summed E-state index contributed by atoms with van der Waals surface area (Å²) in [5.41, 5.74) is 4.38. The Balaban J connectivity index is 1.83. The molecule has 0 unspecified atom stereocenters. The fraction of sp³-hybridized carbons (Fsp3) is 0.238. The second-order valence-electron chi connectivity index (χ2n) is 6.37. The molecular weight excluding hydrogens is 332 g/mol. The molecular formula is C21H20O3S. The van der Waals surface area contributed by atoms with Gasteiger partial charge in [-0.15, -0.1) is 0 Å². The van der Waals surface area contributed by atoms with Crippen molar-refractivity contribution in [1.82, 2.24) is 0 Å². The molecule has 1 heterocycles. The SMILES string of the molecule is O=S(=O)(/C1=C2\CC(c3ccccc3)=C2COCCC1)c1ccccc1. The van der Waals surface area contributed by atoms with Crippen LogP contribution in [0.15, 0.2) is 81.6 Å². The molecule has 0 atom stereocenters. The van der Waals surface area contributed by atoms with Crippen molar-refractivity contribution in [2.75, 3.05) is 13.2 Å². The molecule has 2 aliphatic rings. The molecule has 1 aliphatic heterocycles. The summed E-state index contributed by atoms with van der Waals surface area (Å²) in [4.78, 5) is 0.961. The molecule has 25 heavy (non-hydrogen) atoms. The normalized spacial score (nSPS) is 21.1. The second kappa shape index (κ2) is 6.62. The molecule has 0 aromatic heterocycles. The fourth-order valence-electron chi connectivity index (χ4n) is 3.52. The van der Waals surface area contributed by atoms with E-state index in [1.165, 1.54) is 5.57 Å². The lowest BCUT2D eigenvalue weighted by molar-refractivity contribution is 0.151. The number of benzene rings is 2. The maximum atomic E-state index is 13.2. The lowest BCUT2D eigenvalue weighted by Crippen LogP contribution is -2.21. The van der Waals surface area contributed by atoms with E-state index in [0.717, 1.165) is 23.1 Å². The van der Waals surface area contributed by atoms with Crippen molar-refractivity contribution in [3.05, 3.63) is 82.3 Å². The largest absolute Gasteiger partial charge is 0.377 e. The molecule has 0 fully saturated rings. The number of rotatable bonds is 3. The summed E-state index contributed by atoms with van der Waals surface area (Å²) < 4.78 is 32.1. The summed E-state index contributed by atoms with van der Waals surface area (Å²) in [6.07, 6.45) is 1.97. The minimum atomic E-state index is -3.45. The highest BCUT2D eigenvalue weighted by atomic mass is 32.2. The molecule has 0 saturated heterocycles. The maximum absolute atomic E-state index is 13.2. The van der Waals surface area contributed by atoms with Gasteiger partial charge in [0.15, 0.2) is 0 Å². The van der Waals surface area contributed by atoms with Crippen LogP contribution in [0.2, 0.25) is 0 Å². The minimum absolute atomic E-state index is 0.381. The van der Waals surface area contributed by atoms with Gasteiger partial charge in [0.25, 0.3) is 0 Å². The second-order valence-corrected chi connectivity index (χ2v) is 8.35. The zero-order valence-corrected chi connectivity index (χ0v) is 14.8. The number of sulfone groups is 1. The molecule has 2 aromatic rings. The Morgan fingerprint density at radius 2 is 1.48 bits per heavy atom. The summed E-state index contributed by atoms with van der Waals surface area (Å²) in [7, 11) is -3.45. The van der Waals surface area contributed by atoms with Crippen LogP contribution in [0.4, 0.5) is 0 Å². The lowest BCUT2D eigenvalue weighted by atomic mass is 9.78. The fourth-order valence-corrected chi connectivity index (χ4v) is 5.25. The van der Waals surface area contributed by atoms with E-state index >= 15 is 0 Å². The molecule has 0 radical (unpaired) electrons. The number of hydrogen-bond donors (Lipinski definition) is 0. The zero-order valence-electron chi connectivity index (χ0n) is 13.9. The van der Waals surface area contributed by atoms with Crippen LogP contribution in [0, 0.1) is 0 Å². The average Bonchev–Trinajstić information content (AvgIpc) is 2.62. The van der Waals surface area contributed by atoms with Crippen molar-refractivity contribution in [3.63, 3.8) is 0 Å². The van der Waals surface area contributed by atoms with Gasteiger partial charge in [0.2, 0.25) is 9.84 Å². The number of ether oxygens (including phenoxy) is 1. The smallest absolute Gasteiger partial charge is 0.203 e. The quantitative estimate of drug-likeness (QED) is 0.823. The third-order valence-corrected chi connectivity index (χ3v) is 6.85. The standard InChI is InChI=1S/C21H20O3S/c22-25(23,17-10-5-2-6-11-17)21-12-7-13-24-15-20-18(14-19(20)21)16-8-3-1-4-9-16/h1-6,8-11H,7,12-15H2/b21-19+. The van der Waals surface area contributed by atoms with Crippen LogP contribution in [0.3, 0.4) is 0 Å². The first-order valence-electron chi connectivity index (χ1n) is 8.55. The highest BCUT2D eigenvalue weighted by Gasteiger charge is 2.33. The van der Waals surface area contributed by atoms with Gasteiger partial charge in [-0.25, -0.2) is 8.42 Å². The summed E-state index contributed by atoms with van der Waals surface area (Å²) >= 11 is 0. The van der Waals surface area contributed by atoms with Crippen LogP contribution in [0.1, 0.15) is 24.8 Å². The highest BCUT2D eigenvalue weighted by Crippen LogP contribution is 2.46. The first-order valence-corrected chi connectivity index (χ1v) is 10.0. The minimum Gasteiger partial charge on any atom is -0.377 e. The van der Waals surface area contributed by atoms with Crippen molar-refractivity contribution in [2.24, 2.45) is 0 Å². The van der Waals surface area contributed by atoms with Gasteiger partial charge < -0.3 is 4.74 Å². The van der Waals surface area contributed by atoms with Gasteiger partial charge in [-0.1, -0.05) is 48.5 Å². The molecule has 4 rings (SSSR count). The van der Waals surface area contributed by atoms with Crippen molar-refractivity contribution in [1.29, 1.82) is 0 Å². The Morgan fingerprint density at radius 3 is 2.20 bits per heavy atom. The molecule has 0 amide bonds. The Morgan fingerprint density at radius 1 is 0.800 bits per heavy atom. The van der Waals surface area contributed by atoms with E-state index in [0.29, 0.717) is 35.9 Å². The molecule has 3 nitrogen and oxygen atoms in total. The van der Waals surface area contributed by atoms with Crippen LogP contribution in [0.25, 0.3) is 5.57 Å². The number of hydrogen-bond acceptors (Lipinski definition) is 3. The van der Waals surface area contributed by atoms with Gasteiger partial charge in [0.1, 0.15) is 0 Å². The zero-order chi connectivity index (χ0) is 17.3. The Labute approximate surface area is 148 Å². The van der Waals surface area contributed by atoms with Crippen LogP contribution >= 0.6 is 0 Å². The van der Waals surface area contributed by atoms with Crippen LogP contribution < -0.4 is 0 Å². The molecule has 1 aliphatic carbocycles. The number of fused-ring (bicyclic) bond motifs is 1. The predicted octanol–water partition coefficient (Wildman–Crippen LogP) is 4.38. The first-order chi connectivity index (χ1) is 12.2. The lowest BCUT2D eigenvalue weighted by Gasteiger charge is -2.32. The van der Waals surface area contributed by atoms with Crippen molar-refractivity contribution in [3.8, 4) is 0 Å². The maximum Gasteiger partial charge on any atom is 0.203 e. The van der Waals surface area contributed by atoms with Gasteiger partial charge in [-0.3, -0.25) is 0 Å². The average molecular weight is 352 g/mol. The van der Waals surface area contributed by atoms with E-state index < -0.39 is 9.84 Å². The van der Waals surface area contributed by atoms with E-state index in [1.54, 1.807) is 24.3 Å². The van der Waals surface area contributed by atoms with E-state index in [-0.39, 0.29) is 0 Å². The highest BCUT2D eigenvalue weighted by molar-refractivity contribution is 7.95. The van der Waals surface area contributed by atoms with E-state index in [9.17, 15) is 8.42 Å². The summed E-state index contributed by atoms with van der Waals surface area (Å²) in [6, 6.07) is 18.9. The molecule has 4 heteroatoms.